The lowest BCUT2D eigenvalue weighted by Crippen LogP contribution is -2.34. The molecule has 7 heteroatoms. The average Bonchev–Trinajstić information content (AvgIpc) is 3.00. The number of carbonyl (C=O) groups excluding carboxylic acids is 1. The number of benzene rings is 1. The highest BCUT2D eigenvalue weighted by Gasteiger charge is 2.26. The van der Waals surface area contributed by atoms with Gasteiger partial charge in [-0.25, -0.2) is 4.98 Å². The molecule has 1 aromatic carbocycles. The number of fused-ring (bicyclic) bond motifs is 3. The van der Waals surface area contributed by atoms with Crippen molar-refractivity contribution in [2.75, 3.05) is 5.32 Å². The summed E-state index contributed by atoms with van der Waals surface area (Å²) in [6, 6.07) is 6.23. The summed E-state index contributed by atoms with van der Waals surface area (Å²) < 4.78 is 1.51. The van der Waals surface area contributed by atoms with Crippen molar-refractivity contribution < 1.29 is 4.79 Å². The van der Waals surface area contributed by atoms with Gasteiger partial charge in [-0.05, 0) is 68.9 Å². The molecular formula is C21H22ClN3O2S. The Morgan fingerprint density at radius 1 is 1.36 bits per heavy atom. The number of halogens is 1. The largest absolute Gasteiger partial charge is 0.324 e. The minimum absolute atomic E-state index is 0.117. The van der Waals surface area contributed by atoms with Crippen LogP contribution in [0.15, 0.2) is 29.1 Å². The van der Waals surface area contributed by atoms with Crippen molar-refractivity contribution in [1.29, 1.82) is 0 Å². The van der Waals surface area contributed by atoms with E-state index in [1.54, 1.807) is 49.4 Å². The van der Waals surface area contributed by atoms with E-state index in [1.807, 2.05) is 0 Å². The predicted octanol–water partition coefficient (Wildman–Crippen LogP) is 4.74. The molecule has 2 aromatic heterocycles. The average molecular weight is 416 g/mol. The summed E-state index contributed by atoms with van der Waals surface area (Å²) in [6.07, 6.45) is 2.99. The summed E-state index contributed by atoms with van der Waals surface area (Å²) in [6.45, 7) is 5.76. The first-order valence-corrected chi connectivity index (χ1v) is 10.6. The van der Waals surface area contributed by atoms with Crippen LogP contribution in [0.5, 0.6) is 0 Å². The number of hydrogen-bond donors (Lipinski definition) is 1. The lowest BCUT2D eigenvalue weighted by atomic mass is 9.89. The number of carbonyl (C=O) groups is 1. The van der Waals surface area contributed by atoms with Crippen molar-refractivity contribution in [2.45, 2.75) is 46.1 Å². The quantitative estimate of drug-likeness (QED) is 0.671. The number of aromatic nitrogens is 2. The Bertz CT molecular complexity index is 1120. The molecule has 2 heterocycles. The van der Waals surface area contributed by atoms with Gasteiger partial charge in [0.15, 0.2) is 0 Å². The zero-order valence-electron chi connectivity index (χ0n) is 16.1. The molecule has 0 radical (unpaired) electrons. The van der Waals surface area contributed by atoms with Crippen molar-refractivity contribution in [3.8, 4) is 0 Å². The van der Waals surface area contributed by atoms with Gasteiger partial charge < -0.3 is 5.32 Å². The third-order valence-corrected chi connectivity index (χ3v) is 6.82. The van der Waals surface area contributed by atoms with E-state index in [1.165, 1.54) is 9.44 Å². The third-order valence-electron chi connectivity index (χ3n) is 5.42. The molecule has 5 nitrogen and oxygen atoms in total. The first kappa shape index (κ1) is 19.2. The smallest absolute Gasteiger partial charge is 0.263 e. The van der Waals surface area contributed by atoms with Gasteiger partial charge in [-0.1, -0.05) is 18.5 Å². The standard InChI is InChI=1S/C21H22ClN3O2S/c1-11-4-9-16-17(10-11)28-20-18(16)21(27)25(13(3)23-20)12(2)19(26)24-15-7-5-14(22)6-8-15/h5-8,11-12H,4,9-10H2,1-3H3,(H,24,26). The number of nitrogens with one attached hydrogen (secondary N) is 1. The third kappa shape index (κ3) is 3.35. The van der Waals surface area contributed by atoms with Crippen LogP contribution in [0.2, 0.25) is 5.02 Å². The first-order chi connectivity index (χ1) is 13.3. The zero-order valence-corrected chi connectivity index (χ0v) is 17.7. The van der Waals surface area contributed by atoms with Crippen molar-refractivity contribution in [3.63, 3.8) is 0 Å². The summed E-state index contributed by atoms with van der Waals surface area (Å²) >= 11 is 7.52. The summed E-state index contributed by atoms with van der Waals surface area (Å²) in [5.74, 6) is 0.933. The highest BCUT2D eigenvalue weighted by atomic mass is 35.5. The van der Waals surface area contributed by atoms with E-state index in [2.05, 4.69) is 17.2 Å². The molecule has 3 aromatic rings. The predicted molar refractivity (Wildman–Crippen MR) is 115 cm³/mol. The van der Waals surface area contributed by atoms with E-state index >= 15 is 0 Å². The van der Waals surface area contributed by atoms with Gasteiger partial charge in [0.05, 0.1) is 5.39 Å². The van der Waals surface area contributed by atoms with Crippen LogP contribution in [-0.4, -0.2) is 15.5 Å². The van der Waals surface area contributed by atoms with Crippen molar-refractivity contribution in [3.05, 3.63) is 55.9 Å². The van der Waals surface area contributed by atoms with Crippen LogP contribution in [0.25, 0.3) is 10.2 Å². The monoisotopic (exact) mass is 415 g/mol. The fourth-order valence-corrected chi connectivity index (χ4v) is 5.40. The minimum atomic E-state index is -0.668. The molecule has 0 fully saturated rings. The van der Waals surface area contributed by atoms with Gasteiger partial charge in [0.25, 0.3) is 5.56 Å². The van der Waals surface area contributed by atoms with E-state index in [0.29, 0.717) is 27.8 Å². The second-order valence-electron chi connectivity index (χ2n) is 7.54. The Balaban J connectivity index is 1.72. The minimum Gasteiger partial charge on any atom is -0.324 e. The van der Waals surface area contributed by atoms with E-state index < -0.39 is 6.04 Å². The Kier molecular flexibility index (Phi) is 5.02. The summed E-state index contributed by atoms with van der Waals surface area (Å²) in [5.41, 5.74) is 1.66. The molecule has 1 aliphatic rings. The number of anilines is 1. The first-order valence-electron chi connectivity index (χ1n) is 9.45. The maximum absolute atomic E-state index is 13.3. The lowest BCUT2D eigenvalue weighted by Gasteiger charge is -2.19. The second-order valence-corrected chi connectivity index (χ2v) is 9.06. The highest BCUT2D eigenvalue weighted by molar-refractivity contribution is 7.18. The molecule has 28 heavy (non-hydrogen) atoms. The van der Waals surface area contributed by atoms with Crippen LogP contribution < -0.4 is 10.9 Å². The second kappa shape index (κ2) is 7.33. The Hall–Kier alpha value is -2.18. The van der Waals surface area contributed by atoms with Crippen LogP contribution in [0.4, 0.5) is 5.69 Å². The highest BCUT2D eigenvalue weighted by Crippen LogP contribution is 2.36. The Labute approximate surface area is 172 Å². The number of thiophene rings is 1. The number of rotatable bonds is 3. The lowest BCUT2D eigenvalue weighted by molar-refractivity contribution is -0.118. The van der Waals surface area contributed by atoms with E-state index in [-0.39, 0.29) is 11.5 Å². The van der Waals surface area contributed by atoms with Gasteiger partial charge in [0.1, 0.15) is 16.7 Å². The molecule has 2 unspecified atom stereocenters. The van der Waals surface area contributed by atoms with Crippen molar-refractivity contribution >= 4 is 44.7 Å². The maximum Gasteiger partial charge on any atom is 0.263 e. The molecule has 0 saturated carbocycles. The van der Waals surface area contributed by atoms with Crippen molar-refractivity contribution in [2.24, 2.45) is 5.92 Å². The molecule has 2 atom stereocenters. The molecule has 1 amide bonds. The molecule has 0 aliphatic heterocycles. The van der Waals surface area contributed by atoms with Crippen LogP contribution in [-0.2, 0) is 17.6 Å². The topological polar surface area (TPSA) is 64.0 Å². The molecule has 0 spiro atoms. The molecule has 1 aliphatic carbocycles. The van der Waals surface area contributed by atoms with Gasteiger partial charge in [-0.15, -0.1) is 11.3 Å². The van der Waals surface area contributed by atoms with Crippen LogP contribution in [0.1, 0.15) is 42.6 Å². The number of nitrogens with zero attached hydrogens (tertiary/aromatic N) is 2. The van der Waals surface area contributed by atoms with Crippen LogP contribution in [0.3, 0.4) is 0 Å². The van der Waals surface area contributed by atoms with Crippen LogP contribution in [0, 0.1) is 12.8 Å². The van der Waals surface area contributed by atoms with E-state index in [9.17, 15) is 9.59 Å². The Morgan fingerprint density at radius 2 is 2.07 bits per heavy atom. The molecular weight excluding hydrogens is 394 g/mol. The Morgan fingerprint density at radius 3 is 2.79 bits per heavy atom. The fraction of sp³-hybridized carbons (Fsp3) is 0.381. The molecule has 1 N–H and O–H groups in total. The van der Waals surface area contributed by atoms with Gasteiger partial charge in [0, 0.05) is 15.6 Å². The SMILES string of the molecule is Cc1nc2sc3c(c2c(=O)n1C(C)C(=O)Nc1ccc(Cl)cc1)CCC(C)C3. The summed E-state index contributed by atoms with van der Waals surface area (Å²) in [5, 5.41) is 4.15. The van der Waals surface area contributed by atoms with Gasteiger partial charge in [-0.3, -0.25) is 14.2 Å². The van der Waals surface area contributed by atoms with Crippen LogP contribution >= 0.6 is 22.9 Å². The molecule has 146 valence electrons. The zero-order chi connectivity index (χ0) is 20.0. The number of aryl methyl sites for hydroxylation is 2. The fourth-order valence-electron chi connectivity index (χ4n) is 3.86. The van der Waals surface area contributed by atoms with E-state index in [4.69, 9.17) is 11.6 Å². The summed E-state index contributed by atoms with van der Waals surface area (Å²) in [4.78, 5) is 32.9. The molecule has 0 bridgehead atoms. The normalized spacial score (nSPS) is 17.4. The number of amides is 1. The number of hydrogen-bond acceptors (Lipinski definition) is 4. The van der Waals surface area contributed by atoms with Gasteiger partial charge in [-0.2, -0.15) is 0 Å². The summed E-state index contributed by atoms with van der Waals surface area (Å²) in [7, 11) is 0. The molecule has 4 rings (SSSR count). The molecule has 0 saturated heterocycles. The van der Waals surface area contributed by atoms with Gasteiger partial charge >= 0.3 is 0 Å². The maximum atomic E-state index is 13.3. The van der Waals surface area contributed by atoms with Crippen molar-refractivity contribution in [1.82, 2.24) is 9.55 Å². The van der Waals surface area contributed by atoms with Gasteiger partial charge in [0.2, 0.25) is 5.91 Å². The van der Waals surface area contributed by atoms with E-state index in [0.717, 1.165) is 29.7 Å².